The van der Waals surface area contributed by atoms with Gasteiger partial charge in [0, 0.05) is 12.0 Å². The topological polar surface area (TPSA) is 52.3 Å². The van der Waals surface area contributed by atoms with Gasteiger partial charge in [-0.25, -0.2) is 0 Å². The third-order valence-corrected chi connectivity index (χ3v) is 4.11. The third kappa shape index (κ3) is 2.64. The summed E-state index contributed by atoms with van der Waals surface area (Å²) in [6.07, 6.45) is 3.88. The van der Waals surface area contributed by atoms with Crippen molar-refractivity contribution in [3.05, 3.63) is 58.7 Å². The number of rotatable bonds is 4. The lowest BCUT2D eigenvalue weighted by Crippen LogP contribution is -2.08. The molecule has 2 N–H and O–H groups in total. The highest BCUT2D eigenvalue weighted by Gasteiger charge is 2.16. The molecule has 0 aliphatic heterocycles. The summed E-state index contributed by atoms with van der Waals surface area (Å²) >= 11 is 0. The average Bonchev–Trinajstić information content (AvgIpc) is 2.95. The van der Waals surface area contributed by atoms with Gasteiger partial charge in [-0.3, -0.25) is 4.79 Å². The lowest BCUT2D eigenvalue weighted by atomic mass is 9.98. The maximum Gasteiger partial charge on any atom is 0.169 e. The first-order valence-electron chi connectivity index (χ1n) is 7.25. The van der Waals surface area contributed by atoms with Gasteiger partial charge in [0.2, 0.25) is 0 Å². The van der Waals surface area contributed by atoms with Crippen molar-refractivity contribution in [1.29, 1.82) is 0 Å². The summed E-state index contributed by atoms with van der Waals surface area (Å²) in [6.45, 7) is 0. The van der Waals surface area contributed by atoms with Crippen molar-refractivity contribution in [1.82, 2.24) is 0 Å². The van der Waals surface area contributed by atoms with E-state index in [9.17, 15) is 4.79 Å². The molecule has 0 fully saturated rings. The highest BCUT2D eigenvalue weighted by Crippen LogP contribution is 2.27. The van der Waals surface area contributed by atoms with Crippen LogP contribution in [0, 0.1) is 0 Å². The first kappa shape index (κ1) is 13.7. The van der Waals surface area contributed by atoms with Gasteiger partial charge in [0.05, 0.1) is 12.8 Å². The summed E-state index contributed by atoms with van der Waals surface area (Å²) in [5.41, 5.74) is 10.8. The number of nitrogens with two attached hydrogens (primary N) is 1. The highest BCUT2D eigenvalue weighted by molar-refractivity contribution is 6.03. The van der Waals surface area contributed by atoms with Gasteiger partial charge >= 0.3 is 0 Å². The molecule has 0 amide bonds. The first-order valence-corrected chi connectivity index (χ1v) is 7.25. The molecule has 2 aromatic rings. The molecular weight excluding hydrogens is 262 g/mol. The quantitative estimate of drug-likeness (QED) is 0.691. The molecule has 0 spiro atoms. The molecule has 2 aromatic carbocycles. The standard InChI is InChI=1S/C18H19NO2/c1-21-17-7-3-6-15(18(17)19)16(20)11-12-8-9-13-4-2-5-14(13)10-12/h3,6-10H,2,4-5,11,19H2,1H3. The Morgan fingerprint density at radius 1 is 1.19 bits per heavy atom. The second kappa shape index (κ2) is 5.60. The average molecular weight is 281 g/mol. The number of para-hydroxylation sites is 1. The zero-order valence-electron chi connectivity index (χ0n) is 12.2. The predicted molar refractivity (Wildman–Crippen MR) is 83.9 cm³/mol. The third-order valence-electron chi connectivity index (χ3n) is 4.11. The minimum atomic E-state index is 0.0318. The summed E-state index contributed by atoms with van der Waals surface area (Å²) in [4.78, 5) is 12.5. The summed E-state index contributed by atoms with van der Waals surface area (Å²) < 4.78 is 5.17. The zero-order valence-corrected chi connectivity index (χ0v) is 12.2. The maximum absolute atomic E-state index is 12.5. The largest absolute Gasteiger partial charge is 0.495 e. The van der Waals surface area contributed by atoms with Gasteiger partial charge in [0.1, 0.15) is 5.75 Å². The van der Waals surface area contributed by atoms with E-state index in [2.05, 4.69) is 18.2 Å². The van der Waals surface area contributed by atoms with E-state index in [1.807, 2.05) is 0 Å². The van der Waals surface area contributed by atoms with E-state index in [0.29, 0.717) is 23.4 Å². The number of Topliss-reactive ketones (excluding diaryl/α,β-unsaturated/α-hetero) is 1. The van der Waals surface area contributed by atoms with Gasteiger partial charge in [-0.2, -0.15) is 0 Å². The first-order chi connectivity index (χ1) is 10.2. The number of aryl methyl sites for hydroxylation is 2. The van der Waals surface area contributed by atoms with Crippen LogP contribution in [0.1, 0.15) is 33.5 Å². The number of nitrogen functional groups attached to an aromatic ring is 1. The van der Waals surface area contributed by atoms with Crippen molar-refractivity contribution in [3.8, 4) is 5.75 Å². The molecule has 0 bridgehead atoms. The van der Waals surface area contributed by atoms with Crippen LogP contribution in [0.25, 0.3) is 0 Å². The second-order valence-electron chi connectivity index (χ2n) is 5.48. The van der Waals surface area contributed by atoms with E-state index in [-0.39, 0.29) is 5.78 Å². The highest BCUT2D eigenvalue weighted by atomic mass is 16.5. The van der Waals surface area contributed by atoms with Crippen molar-refractivity contribution in [3.63, 3.8) is 0 Å². The van der Waals surface area contributed by atoms with Gasteiger partial charge in [-0.05, 0) is 48.1 Å². The van der Waals surface area contributed by atoms with Crippen LogP contribution in [0.2, 0.25) is 0 Å². The Hall–Kier alpha value is -2.29. The molecule has 1 aliphatic rings. The SMILES string of the molecule is COc1cccc(C(=O)Cc2ccc3c(c2)CCC3)c1N. The molecule has 21 heavy (non-hydrogen) atoms. The van der Waals surface area contributed by atoms with Crippen LogP contribution in [0.4, 0.5) is 5.69 Å². The second-order valence-corrected chi connectivity index (χ2v) is 5.48. The molecule has 0 saturated heterocycles. The molecule has 3 nitrogen and oxygen atoms in total. The molecule has 1 aliphatic carbocycles. The van der Waals surface area contributed by atoms with Gasteiger partial charge in [0.15, 0.2) is 5.78 Å². The molecule has 0 unspecified atom stereocenters. The van der Waals surface area contributed by atoms with E-state index < -0.39 is 0 Å². The van der Waals surface area contributed by atoms with Crippen LogP contribution < -0.4 is 10.5 Å². The molecule has 3 heteroatoms. The Labute approximate surface area is 124 Å². The molecular formula is C18H19NO2. The van der Waals surface area contributed by atoms with Crippen molar-refractivity contribution in [2.75, 3.05) is 12.8 Å². The van der Waals surface area contributed by atoms with Crippen LogP contribution in [0.5, 0.6) is 5.75 Å². The fourth-order valence-corrected chi connectivity index (χ4v) is 2.98. The number of anilines is 1. The Morgan fingerprint density at radius 3 is 2.81 bits per heavy atom. The number of ether oxygens (including phenoxy) is 1. The molecule has 0 atom stereocenters. The number of carbonyl (C=O) groups excluding carboxylic acids is 1. The number of carbonyl (C=O) groups is 1. The monoisotopic (exact) mass is 281 g/mol. The zero-order chi connectivity index (χ0) is 14.8. The van der Waals surface area contributed by atoms with Crippen molar-refractivity contribution in [2.45, 2.75) is 25.7 Å². The molecule has 0 heterocycles. The molecule has 108 valence electrons. The maximum atomic E-state index is 12.5. The van der Waals surface area contributed by atoms with Crippen LogP contribution in [0.3, 0.4) is 0 Å². The van der Waals surface area contributed by atoms with E-state index in [0.717, 1.165) is 18.4 Å². The van der Waals surface area contributed by atoms with E-state index in [4.69, 9.17) is 10.5 Å². The van der Waals surface area contributed by atoms with Gasteiger partial charge in [0.25, 0.3) is 0 Å². The van der Waals surface area contributed by atoms with Gasteiger partial charge in [-0.1, -0.05) is 24.3 Å². The van der Waals surface area contributed by atoms with E-state index in [1.54, 1.807) is 25.3 Å². The van der Waals surface area contributed by atoms with Crippen molar-refractivity contribution >= 4 is 11.5 Å². The Balaban J connectivity index is 1.83. The minimum absolute atomic E-state index is 0.0318. The summed E-state index contributed by atoms with van der Waals surface area (Å²) in [6, 6.07) is 11.7. The lowest BCUT2D eigenvalue weighted by Gasteiger charge is -2.10. The summed E-state index contributed by atoms with van der Waals surface area (Å²) in [7, 11) is 1.56. The Kier molecular flexibility index (Phi) is 3.65. The van der Waals surface area contributed by atoms with Crippen LogP contribution >= 0.6 is 0 Å². The van der Waals surface area contributed by atoms with Crippen LogP contribution in [0.15, 0.2) is 36.4 Å². The van der Waals surface area contributed by atoms with Gasteiger partial charge < -0.3 is 10.5 Å². The number of benzene rings is 2. The summed E-state index contributed by atoms with van der Waals surface area (Å²) in [5.74, 6) is 0.583. The molecule has 3 rings (SSSR count). The Morgan fingerprint density at radius 2 is 2.00 bits per heavy atom. The van der Waals surface area contributed by atoms with Gasteiger partial charge in [-0.15, -0.1) is 0 Å². The Bertz CT molecular complexity index is 692. The normalized spacial score (nSPS) is 13.0. The van der Waals surface area contributed by atoms with Crippen molar-refractivity contribution in [2.24, 2.45) is 0 Å². The van der Waals surface area contributed by atoms with Crippen LogP contribution in [-0.4, -0.2) is 12.9 Å². The smallest absolute Gasteiger partial charge is 0.169 e. The predicted octanol–water partition coefficient (Wildman–Crippen LogP) is 3.19. The number of ketones is 1. The van der Waals surface area contributed by atoms with Crippen LogP contribution in [-0.2, 0) is 19.3 Å². The minimum Gasteiger partial charge on any atom is -0.495 e. The summed E-state index contributed by atoms with van der Waals surface area (Å²) in [5, 5.41) is 0. The van der Waals surface area contributed by atoms with E-state index in [1.165, 1.54) is 17.5 Å². The molecule has 0 radical (unpaired) electrons. The van der Waals surface area contributed by atoms with Crippen molar-refractivity contribution < 1.29 is 9.53 Å². The lowest BCUT2D eigenvalue weighted by molar-refractivity contribution is 0.0993. The number of fused-ring (bicyclic) bond motifs is 1. The number of methoxy groups -OCH3 is 1. The van der Waals surface area contributed by atoms with E-state index >= 15 is 0 Å². The fourth-order valence-electron chi connectivity index (χ4n) is 2.98. The fraction of sp³-hybridized carbons (Fsp3) is 0.278. The molecule has 0 aromatic heterocycles. The number of hydrogen-bond acceptors (Lipinski definition) is 3. The molecule has 0 saturated carbocycles. The number of hydrogen-bond donors (Lipinski definition) is 1.